The number of esters is 3. The quantitative estimate of drug-likeness (QED) is 0.317. The normalized spacial score (nSPS) is 47.9. The van der Waals surface area contributed by atoms with Gasteiger partial charge in [0.05, 0.1) is 18.6 Å². The number of epoxide rings is 1. The first-order valence-electron chi connectivity index (χ1n) is 13.7. The SMILES string of the molecule is CC(=O)OC1C2C(C)(C)OC(=O)C=CC2(C)C2CCC3(C)C(c4ccoc4)CC4OC43C2(C)C1OC(C)=O. The van der Waals surface area contributed by atoms with Gasteiger partial charge in [0.2, 0.25) is 0 Å². The van der Waals surface area contributed by atoms with Crippen LogP contribution in [0.15, 0.2) is 35.2 Å². The van der Waals surface area contributed by atoms with Crippen LogP contribution < -0.4 is 0 Å². The van der Waals surface area contributed by atoms with E-state index >= 15 is 0 Å². The van der Waals surface area contributed by atoms with E-state index in [2.05, 4.69) is 20.8 Å². The van der Waals surface area contributed by atoms with Crippen molar-refractivity contribution in [3.05, 3.63) is 36.3 Å². The molecule has 0 amide bonds. The first-order chi connectivity index (χ1) is 17.7. The van der Waals surface area contributed by atoms with Crippen molar-refractivity contribution in [3.8, 4) is 0 Å². The predicted molar refractivity (Wildman–Crippen MR) is 135 cm³/mol. The molecule has 0 radical (unpaired) electrons. The number of furan rings is 1. The minimum absolute atomic E-state index is 0.0305. The molecular formula is C30H38O8. The Bertz CT molecular complexity index is 1220. The number of rotatable bonds is 3. The molecule has 1 aromatic heterocycles. The molecule has 0 bridgehead atoms. The van der Waals surface area contributed by atoms with E-state index in [1.165, 1.54) is 19.9 Å². The molecule has 8 heteroatoms. The van der Waals surface area contributed by atoms with Crippen LogP contribution in [0.4, 0.5) is 0 Å². The van der Waals surface area contributed by atoms with Gasteiger partial charge in [-0.25, -0.2) is 4.79 Å². The average Bonchev–Trinajstić information content (AvgIpc) is 3.19. The number of hydrogen-bond acceptors (Lipinski definition) is 8. The van der Waals surface area contributed by atoms with Crippen LogP contribution >= 0.6 is 0 Å². The molecule has 1 saturated heterocycles. The summed E-state index contributed by atoms with van der Waals surface area (Å²) in [5.74, 6) is -1.62. The van der Waals surface area contributed by atoms with Gasteiger partial charge in [0.25, 0.3) is 0 Å². The molecule has 0 N–H and O–H groups in total. The van der Waals surface area contributed by atoms with Gasteiger partial charge in [-0.3, -0.25) is 9.59 Å². The summed E-state index contributed by atoms with van der Waals surface area (Å²) in [5.41, 5.74) is -2.03. The summed E-state index contributed by atoms with van der Waals surface area (Å²) in [7, 11) is 0. The van der Waals surface area contributed by atoms with E-state index in [1.54, 1.807) is 6.26 Å². The minimum atomic E-state index is -0.994. The molecule has 3 saturated carbocycles. The highest BCUT2D eigenvalue weighted by Gasteiger charge is 2.88. The molecule has 6 rings (SSSR count). The highest BCUT2D eigenvalue weighted by molar-refractivity contribution is 5.83. The van der Waals surface area contributed by atoms with Crippen LogP contribution in [0.2, 0.25) is 0 Å². The maximum absolute atomic E-state index is 12.8. The molecule has 206 valence electrons. The smallest absolute Gasteiger partial charge is 0.330 e. The molecule has 10 unspecified atom stereocenters. The lowest BCUT2D eigenvalue weighted by Gasteiger charge is -2.68. The summed E-state index contributed by atoms with van der Waals surface area (Å²) < 4.78 is 30.5. The molecule has 0 aromatic carbocycles. The first kappa shape index (κ1) is 25.7. The van der Waals surface area contributed by atoms with Gasteiger partial charge < -0.3 is 23.4 Å². The highest BCUT2D eigenvalue weighted by atomic mass is 16.6. The Morgan fingerprint density at radius 2 is 1.76 bits per heavy atom. The fraction of sp³-hybridized carbons (Fsp3) is 0.700. The Labute approximate surface area is 223 Å². The van der Waals surface area contributed by atoms with Crippen LogP contribution in [-0.4, -0.2) is 47.4 Å². The molecular weight excluding hydrogens is 488 g/mol. The van der Waals surface area contributed by atoms with Crippen LogP contribution in [0.3, 0.4) is 0 Å². The molecule has 8 nitrogen and oxygen atoms in total. The van der Waals surface area contributed by atoms with E-state index in [9.17, 15) is 14.4 Å². The zero-order valence-electron chi connectivity index (χ0n) is 23.2. The maximum Gasteiger partial charge on any atom is 0.330 e. The van der Waals surface area contributed by atoms with Crippen LogP contribution in [0.1, 0.15) is 79.2 Å². The second kappa shape index (κ2) is 7.74. The maximum atomic E-state index is 12.8. The van der Waals surface area contributed by atoms with E-state index < -0.39 is 58.1 Å². The molecule has 3 heterocycles. The van der Waals surface area contributed by atoms with Crippen molar-refractivity contribution < 1.29 is 37.7 Å². The molecule has 3 aliphatic carbocycles. The van der Waals surface area contributed by atoms with Gasteiger partial charge in [-0.05, 0) is 62.0 Å². The second-order valence-electron chi connectivity index (χ2n) is 13.3. The number of ether oxygens (including phenoxy) is 4. The number of carbonyl (C=O) groups excluding carboxylic acids is 3. The molecule has 5 aliphatic rings. The lowest BCUT2D eigenvalue weighted by molar-refractivity contribution is -0.280. The Balaban J connectivity index is 1.59. The van der Waals surface area contributed by atoms with Crippen LogP contribution in [0.5, 0.6) is 0 Å². The highest BCUT2D eigenvalue weighted by Crippen LogP contribution is 2.82. The monoisotopic (exact) mass is 526 g/mol. The Morgan fingerprint density at radius 1 is 1.05 bits per heavy atom. The van der Waals surface area contributed by atoms with Crippen molar-refractivity contribution in [1.82, 2.24) is 0 Å². The zero-order chi connectivity index (χ0) is 27.5. The number of carbonyl (C=O) groups is 3. The third kappa shape index (κ3) is 2.98. The van der Waals surface area contributed by atoms with Gasteiger partial charge >= 0.3 is 17.9 Å². The fourth-order valence-electron chi connectivity index (χ4n) is 10.2. The lowest BCUT2D eigenvalue weighted by atomic mass is 9.38. The summed E-state index contributed by atoms with van der Waals surface area (Å²) in [6.07, 6.45) is 7.91. The topological polar surface area (TPSA) is 105 Å². The van der Waals surface area contributed by atoms with Crippen molar-refractivity contribution in [2.45, 2.75) is 103 Å². The van der Waals surface area contributed by atoms with Gasteiger partial charge in [0.15, 0.2) is 0 Å². The second-order valence-corrected chi connectivity index (χ2v) is 13.3. The van der Waals surface area contributed by atoms with E-state index in [4.69, 9.17) is 23.4 Å². The van der Waals surface area contributed by atoms with Crippen LogP contribution in [0.25, 0.3) is 0 Å². The van der Waals surface area contributed by atoms with E-state index in [0.717, 1.165) is 24.8 Å². The molecule has 1 spiro atoms. The van der Waals surface area contributed by atoms with E-state index in [1.807, 2.05) is 32.3 Å². The molecule has 2 aliphatic heterocycles. The summed E-state index contributed by atoms with van der Waals surface area (Å²) in [4.78, 5) is 38.1. The Morgan fingerprint density at radius 3 is 2.39 bits per heavy atom. The Kier molecular flexibility index (Phi) is 5.22. The third-order valence-corrected chi connectivity index (χ3v) is 11.1. The van der Waals surface area contributed by atoms with Crippen molar-refractivity contribution in [1.29, 1.82) is 0 Å². The van der Waals surface area contributed by atoms with Crippen LogP contribution in [0, 0.1) is 28.1 Å². The summed E-state index contributed by atoms with van der Waals surface area (Å²) in [6, 6.07) is 2.03. The van der Waals surface area contributed by atoms with Crippen molar-refractivity contribution in [2.75, 3.05) is 0 Å². The number of fused-ring (bicyclic) bond motifs is 3. The van der Waals surface area contributed by atoms with Crippen LogP contribution in [-0.2, 0) is 33.3 Å². The van der Waals surface area contributed by atoms with E-state index in [0.29, 0.717) is 0 Å². The number of cyclic esters (lactones) is 1. The largest absolute Gasteiger partial charge is 0.472 e. The standard InChI is InChI=1S/C30H38O8/c1-16(31)35-23-24-26(3,4)38-22(33)9-11-27(24,5)20-8-12-28(6)19(18-10-13-34-15-18)14-21-30(28,37-21)29(20,7)25(23)36-17(2)32/h9-11,13,15,19-21,23-25H,8,12,14H2,1-7H3. The first-order valence-corrected chi connectivity index (χ1v) is 13.7. The van der Waals surface area contributed by atoms with Crippen molar-refractivity contribution in [2.24, 2.45) is 28.1 Å². The van der Waals surface area contributed by atoms with Crippen molar-refractivity contribution in [3.63, 3.8) is 0 Å². The van der Waals surface area contributed by atoms with Gasteiger partial charge in [0, 0.05) is 36.7 Å². The fourth-order valence-corrected chi connectivity index (χ4v) is 10.2. The minimum Gasteiger partial charge on any atom is -0.472 e. The van der Waals surface area contributed by atoms with Gasteiger partial charge in [-0.1, -0.05) is 26.8 Å². The number of hydrogen-bond donors (Lipinski definition) is 0. The third-order valence-electron chi connectivity index (χ3n) is 11.1. The molecule has 10 atom stereocenters. The molecule has 4 fully saturated rings. The summed E-state index contributed by atoms with van der Waals surface area (Å²) in [6.45, 7) is 13.1. The zero-order valence-corrected chi connectivity index (χ0v) is 23.2. The molecule has 1 aromatic rings. The van der Waals surface area contributed by atoms with Gasteiger partial charge in [-0.2, -0.15) is 0 Å². The number of allylic oxidation sites excluding steroid dienone is 1. The predicted octanol–water partition coefficient (Wildman–Crippen LogP) is 4.72. The Hall–Kier alpha value is -2.61. The van der Waals surface area contributed by atoms with E-state index in [-0.39, 0.29) is 23.4 Å². The summed E-state index contributed by atoms with van der Waals surface area (Å²) >= 11 is 0. The summed E-state index contributed by atoms with van der Waals surface area (Å²) in [5, 5.41) is 0. The average molecular weight is 527 g/mol. The van der Waals surface area contributed by atoms with Crippen molar-refractivity contribution >= 4 is 17.9 Å². The molecule has 38 heavy (non-hydrogen) atoms. The lowest BCUT2D eigenvalue weighted by Crippen LogP contribution is -2.74. The van der Waals surface area contributed by atoms with Gasteiger partial charge in [-0.15, -0.1) is 0 Å². The van der Waals surface area contributed by atoms with Gasteiger partial charge in [0.1, 0.15) is 23.4 Å².